The van der Waals surface area contributed by atoms with E-state index in [1.165, 1.54) is 0 Å². The highest BCUT2D eigenvalue weighted by molar-refractivity contribution is 6.43. The molecule has 0 radical (unpaired) electrons. The lowest BCUT2D eigenvalue weighted by atomic mass is 9.96. The minimum Gasteiger partial charge on any atom is -0.408 e. The molecule has 0 aliphatic carbocycles. The zero-order chi connectivity index (χ0) is 6.20. The molecule has 3 heteroatoms. The van der Waals surface area contributed by atoms with Crippen LogP contribution in [0.5, 0.6) is 0 Å². The fourth-order valence-corrected chi connectivity index (χ4v) is 0.835. The van der Waals surface area contributed by atoms with E-state index >= 15 is 0 Å². The van der Waals surface area contributed by atoms with Crippen LogP contribution >= 0.6 is 0 Å². The van der Waals surface area contributed by atoms with Gasteiger partial charge in [0.15, 0.2) is 0 Å². The van der Waals surface area contributed by atoms with Crippen LogP contribution in [-0.2, 0) is 9.31 Å². The van der Waals surface area contributed by atoms with E-state index < -0.39 is 0 Å². The van der Waals surface area contributed by atoms with Gasteiger partial charge in [0.2, 0.25) is 0 Å². The minimum absolute atomic E-state index is 0.00926. The van der Waals surface area contributed by atoms with Crippen LogP contribution in [0.2, 0.25) is 6.82 Å². The summed E-state index contributed by atoms with van der Waals surface area (Å²) >= 11 is 0. The molecular formula is C5H11BO2. The van der Waals surface area contributed by atoms with Crippen molar-refractivity contribution in [2.24, 2.45) is 0 Å². The molecule has 1 rings (SSSR count). The maximum atomic E-state index is 5.33. The van der Waals surface area contributed by atoms with Crippen LogP contribution < -0.4 is 0 Å². The Kier molecular flexibility index (Phi) is 1.33. The van der Waals surface area contributed by atoms with Crippen LogP contribution in [0.4, 0.5) is 0 Å². The van der Waals surface area contributed by atoms with Gasteiger partial charge in [-0.1, -0.05) is 0 Å². The largest absolute Gasteiger partial charge is 0.454 e. The first-order valence-corrected chi connectivity index (χ1v) is 2.90. The Morgan fingerprint density at radius 3 is 2.25 bits per heavy atom. The van der Waals surface area contributed by atoms with Crippen molar-refractivity contribution in [2.45, 2.75) is 26.3 Å². The van der Waals surface area contributed by atoms with Gasteiger partial charge in [0.1, 0.15) is 0 Å². The van der Waals surface area contributed by atoms with Gasteiger partial charge in [0.05, 0.1) is 12.2 Å². The number of hydrogen-bond donors (Lipinski definition) is 0. The molecule has 1 heterocycles. The first-order chi connectivity index (χ1) is 3.60. The molecule has 1 fully saturated rings. The van der Waals surface area contributed by atoms with E-state index in [9.17, 15) is 0 Å². The quantitative estimate of drug-likeness (QED) is 0.436. The molecule has 0 bridgehead atoms. The molecule has 0 aromatic heterocycles. The van der Waals surface area contributed by atoms with E-state index in [2.05, 4.69) is 0 Å². The third kappa shape index (κ3) is 1.23. The predicted molar refractivity (Wildman–Crippen MR) is 32.7 cm³/mol. The van der Waals surface area contributed by atoms with Crippen molar-refractivity contribution in [3.63, 3.8) is 0 Å². The fraction of sp³-hybridized carbons (Fsp3) is 1.00. The van der Waals surface area contributed by atoms with Gasteiger partial charge in [-0.25, -0.2) is 0 Å². The van der Waals surface area contributed by atoms with Gasteiger partial charge in [0.25, 0.3) is 0 Å². The molecule has 0 atom stereocenters. The van der Waals surface area contributed by atoms with Gasteiger partial charge < -0.3 is 9.31 Å². The molecular weight excluding hydrogens is 103 g/mol. The van der Waals surface area contributed by atoms with E-state index in [0.717, 1.165) is 0 Å². The van der Waals surface area contributed by atoms with E-state index in [-0.39, 0.29) is 12.7 Å². The summed E-state index contributed by atoms with van der Waals surface area (Å²) in [6.07, 6.45) is 0. The van der Waals surface area contributed by atoms with Crippen molar-refractivity contribution in [2.75, 3.05) is 6.61 Å². The Morgan fingerprint density at radius 1 is 1.50 bits per heavy atom. The van der Waals surface area contributed by atoms with Crippen LogP contribution in [0.15, 0.2) is 0 Å². The highest BCUT2D eigenvalue weighted by atomic mass is 16.7. The molecule has 0 amide bonds. The van der Waals surface area contributed by atoms with Gasteiger partial charge in [-0.2, -0.15) is 0 Å². The van der Waals surface area contributed by atoms with E-state index in [4.69, 9.17) is 9.31 Å². The van der Waals surface area contributed by atoms with Crippen molar-refractivity contribution in [1.82, 2.24) is 0 Å². The summed E-state index contributed by atoms with van der Waals surface area (Å²) in [5, 5.41) is 0. The molecule has 0 N–H and O–H groups in total. The summed E-state index contributed by atoms with van der Waals surface area (Å²) < 4.78 is 10.5. The smallest absolute Gasteiger partial charge is 0.408 e. The molecule has 1 aliphatic heterocycles. The third-order valence-corrected chi connectivity index (χ3v) is 1.15. The second-order valence-corrected chi connectivity index (χ2v) is 2.76. The lowest BCUT2D eigenvalue weighted by Gasteiger charge is -2.14. The SMILES string of the molecule is CB1OCC(C)(C)O1. The van der Waals surface area contributed by atoms with Crippen LogP contribution in [-0.4, -0.2) is 19.3 Å². The van der Waals surface area contributed by atoms with Crippen molar-refractivity contribution < 1.29 is 9.31 Å². The minimum atomic E-state index is -0.0561. The summed E-state index contributed by atoms with van der Waals surface area (Å²) in [6.45, 7) is 6.68. The van der Waals surface area contributed by atoms with Crippen molar-refractivity contribution in [3.05, 3.63) is 0 Å². The summed E-state index contributed by atoms with van der Waals surface area (Å²) in [5.41, 5.74) is -0.0561. The average molecular weight is 114 g/mol. The lowest BCUT2D eigenvalue weighted by molar-refractivity contribution is 0.136. The monoisotopic (exact) mass is 114 g/mol. The summed E-state index contributed by atoms with van der Waals surface area (Å²) in [4.78, 5) is 0. The van der Waals surface area contributed by atoms with E-state index in [1.807, 2.05) is 20.7 Å². The van der Waals surface area contributed by atoms with Gasteiger partial charge in [-0.3, -0.25) is 0 Å². The number of rotatable bonds is 0. The van der Waals surface area contributed by atoms with Gasteiger partial charge in [0, 0.05) is 0 Å². The zero-order valence-electron chi connectivity index (χ0n) is 5.60. The molecule has 8 heavy (non-hydrogen) atoms. The fourth-order valence-electron chi connectivity index (χ4n) is 0.835. The summed E-state index contributed by atoms with van der Waals surface area (Å²) in [6, 6.07) is 0. The Labute approximate surface area is 50.3 Å². The highest BCUT2D eigenvalue weighted by Crippen LogP contribution is 2.18. The Hall–Kier alpha value is -0.0151. The molecule has 1 saturated heterocycles. The average Bonchev–Trinajstić information content (AvgIpc) is 1.82. The van der Waals surface area contributed by atoms with Gasteiger partial charge >= 0.3 is 7.12 Å². The van der Waals surface area contributed by atoms with Crippen LogP contribution in [0, 0.1) is 0 Å². The van der Waals surface area contributed by atoms with Crippen LogP contribution in [0.25, 0.3) is 0 Å². The summed E-state index contributed by atoms with van der Waals surface area (Å²) in [7, 11) is -0.00926. The molecule has 0 saturated carbocycles. The molecule has 0 aromatic rings. The normalized spacial score (nSPS) is 26.6. The maximum absolute atomic E-state index is 5.33. The molecule has 46 valence electrons. The van der Waals surface area contributed by atoms with Gasteiger partial charge in [-0.15, -0.1) is 0 Å². The standard InChI is InChI=1S/C5H11BO2/c1-5(2)4-7-6(3)8-5/h4H2,1-3H3. The third-order valence-electron chi connectivity index (χ3n) is 1.15. The second kappa shape index (κ2) is 1.74. The number of hydrogen-bond acceptors (Lipinski definition) is 2. The van der Waals surface area contributed by atoms with Crippen molar-refractivity contribution in [1.29, 1.82) is 0 Å². The van der Waals surface area contributed by atoms with Crippen molar-refractivity contribution in [3.8, 4) is 0 Å². The van der Waals surface area contributed by atoms with Crippen molar-refractivity contribution >= 4 is 7.12 Å². The Morgan fingerprint density at radius 2 is 2.12 bits per heavy atom. The summed E-state index contributed by atoms with van der Waals surface area (Å²) in [5.74, 6) is 0. The lowest BCUT2D eigenvalue weighted by Crippen LogP contribution is -2.23. The molecule has 0 aromatic carbocycles. The molecule has 0 unspecified atom stereocenters. The van der Waals surface area contributed by atoms with E-state index in [1.54, 1.807) is 0 Å². The second-order valence-electron chi connectivity index (χ2n) is 2.76. The maximum Gasteiger partial charge on any atom is 0.454 e. The molecule has 1 aliphatic rings. The van der Waals surface area contributed by atoms with Crippen LogP contribution in [0.1, 0.15) is 13.8 Å². The van der Waals surface area contributed by atoms with Gasteiger partial charge in [-0.05, 0) is 20.7 Å². The first kappa shape index (κ1) is 6.11. The molecule has 0 spiro atoms. The highest BCUT2D eigenvalue weighted by Gasteiger charge is 2.32. The Balaban J connectivity index is 2.44. The topological polar surface area (TPSA) is 18.5 Å². The zero-order valence-corrected chi connectivity index (χ0v) is 5.60. The first-order valence-electron chi connectivity index (χ1n) is 2.90. The van der Waals surface area contributed by atoms with E-state index in [0.29, 0.717) is 6.61 Å². The molecule has 2 nitrogen and oxygen atoms in total. The Bertz CT molecular complexity index is 92.4. The van der Waals surface area contributed by atoms with Crippen LogP contribution in [0.3, 0.4) is 0 Å². The predicted octanol–water partition coefficient (Wildman–Crippen LogP) is 0.930.